The number of carbonyl (C=O) groups excluding carboxylic acids is 1. The first-order chi connectivity index (χ1) is 18.9. The van der Waals surface area contributed by atoms with Crippen molar-refractivity contribution in [1.82, 2.24) is 15.3 Å². The molecule has 0 radical (unpaired) electrons. The van der Waals surface area contributed by atoms with E-state index in [0.29, 0.717) is 46.8 Å². The predicted octanol–water partition coefficient (Wildman–Crippen LogP) is 4.38. The van der Waals surface area contributed by atoms with E-state index in [9.17, 15) is 13.6 Å². The third-order valence-corrected chi connectivity index (χ3v) is 6.27. The molecule has 0 spiro atoms. The third kappa shape index (κ3) is 7.15. The molecule has 0 aliphatic carbocycles. The largest absolute Gasteiger partial charge is 0.493 e. The molecule has 39 heavy (non-hydrogen) atoms. The summed E-state index contributed by atoms with van der Waals surface area (Å²) in [5.41, 5.74) is 1.33. The van der Waals surface area contributed by atoms with E-state index in [4.69, 9.17) is 14.2 Å². The van der Waals surface area contributed by atoms with Crippen molar-refractivity contribution in [3.63, 3.8) is 0 Å². The molecule has 10 nitrogen and oxygen atoms in total. The molecule has 2 heterocycles. The molecule has 1 saturated heterocycles. The Hall–Kier alpha value is -4.35. The summed E-state index contributed by atoms with van der Waals surface area (Å²) in [4.78, 5) is 23.9. The van der Waals surface area contributed by atoms with Gasteiger partial charge >= 0.3 is 6.61 Å². The zero-order valence-corrected chi connectivity index (χ0v) is 21.9. The summed E-state index contributed by atoms with van der Waals surface area (Å²) in [6.07, 6.45) is 3.20. The molecule has 4 rings (SSSR count). The van der Waals surface area contributed by atoms with Gasteiger partial charge in [0, 0.05) is 43.7 Å². The zero-order valence-electron chi connectivity index (χ0n) is 21.9. The second-order valence-electron chi connectivity index (χ2n) is 8.81. The summed E-state index contributed by atoms with van der Waals surface area (Å²) in [6.45, 7) is -1.45. The van der Waals surface area contributed by atoms with E-state index in [1.165, 1.54) is 19.2 Å². The Labute approximate surface area is 225 Å². The Morgan fingerprint density at radius 3 is 2.56 bits per heavy atom. The number of hydrogen-bond donors (Lipinski definition) is 2. The van der Waals surface area contributed by atoms with Gasteiger partial charge in [-0.2, -0.15) is 13.8 Å². The monoisotopic (exact) mass is 543 g/mol. The van der Waals surface area contributed by atoms with Crippen LogP contribution in [-0.4, -0.2) is 56.9 Å². The van der Waals surface area contributed by atoms with Crippen LogP contribution in [0.1, 0.15) is 18.4 Å². The highest BCUT2D eigenvalue weighted by atomic mass is 19.3. The third-order valence-electron chi connectivity index (χ3n) is 6.27. The molecule has 3 aromatic rings. The number of alkyl halides is 2. The lowest BCUT2D eigenvalue weighted by atomic mass is 9.97. The number of amides is 1. The van der Waals surface area contributed by atoms with E-state index >= 15 is 0 Å². The lowest BCUT2D eigenvalue weighted by molar-refractivity contribution is -0.125. The van der Waals surface area contributed by atoms with Crippen LogP contribution in [0.2, 0.25) is 0 Å². The molecule has 0 saturated carbocycles. The van der Waals surface area contributed by atoms with E-state index < -0.39 is 6.61 Å². The van der Waals surface area contributed by atoms with E-state index in [1.54, 1.807) is 50.7 Å². The Bertz CT molecular complexity index is 1250. The highest BCUT2D eigenvalue weighted by Crippen LogP contribution is 2.40. The van der Waals surface area contributed by atoms with E-state index in [2.05, 4.69) is 25.3 Å². The average molecular weight is 544 g/mol. The number of methoxy groups -OCH3 is 3. The second-order valence-corrected chi connectivity index (χ2v) is 8.81. The molecule has 1 aliphatic rings. The van der Waals surface area contributed by atoms with Crippen LogP contribution in [0, 0.1) is 5.92 Å². The summed E-state index contributed by atoms with van der Waals surface area (Å²) in [5.74, 6) is 2.23. The minimum atomic E-state index is -2.90. The Morgan fingerprint density at radius 2 is 1.87 bits per heavy atom. The summed E-state index contributed by atoms with van der Waals surface area (Å²) >= 11 is 0. The van der Waals surface area contributed by atoms with Gasteiger partial charge in [0.1, 0.15) is 11.6 Å². The number of carbonyl (C=O) groups is 1. The second kappa shape index (κ2) is 12.9. The molecule has 2 N–H and O–H groups in total. The van der Waals surface area contributed by atoms with Gasteiger partial charge in [-0.25, -0.2) is 4.98 Å². The number of aromatic nitrogens is 2. The number of ether oxygens (including phenoxy) is 4. The van der Waals surface area contributed by atoms with Crippen molar-refractivity contribution in [2.45, 2.75) is 26.0 Å². The fourth-order valence-corrected chi connectivity index (χ4v) is 4.43. The highest BCUT2D eigenvalue weighted by Gasteiger charge is 2.27. The van der Waals surface area contributed by atoms with Crippen molar-refractivity contribution >= 4 is 23.4 Å². The molecule has 1 amide bonds. The Balaban J connectivity index is 1.40. The van der Waals surface area contributed by atoms with Crippen molar-refractivity contribution < 1.29 is 32.5 Å². The fraction of sp³-hybridized carbons (Fsp3) is 0.370. The van der Waals surface area contributed by atoms with E-state index in [-0.39, 0.29) is 24.1 Å². The number of benzene rings is 2. The maximum Gasteiger partial charge on any atom is 0.387 e. The smallest absolute Gasteiger partial charge is 0.387 e. The molecule has 1 fully saturated rings. The first-order valence-electron chi connectivity index (χ1n) is 12.4. The Kier molecular flexibility index (Phi) is 9.18. The van der Waals surface area contributed by atoms with Crippen LogP contribution in [0.3, 0.4) is 0 Å². The van der Waals surface area contributed by atoms with Crippen LogP contribution in [-0.2, 0) is 11.3 Å². The SMILES string of the molecule is COc1cc(Nc2nccc(N3CCC[C@H](C(=O)NCc4cccc(OC(F)F)c4)C3)n2)cc(OC)c1OC. The topological polar surface area (TPSA) is 107 Å². The first kappa shape index (κ1) is 27.7. The van der Waals surface area contributed by atoms with Crippen LogP contribution in [0.4, 0.5) is 26.2 Å². The molecule has 12 heteroatoms. The quantitative estimate of drug-likeness (QED) is 0.364. The zero-order chi connectivity index (χ0) is 27.8. The molecule has 1 aliphatic heterocycles. The van der Waals surface area contributed by atoms with Crippen LogP contribution >= 0.6 is 0 Å². The molecule has 1 atom stereocenters. The van der Waals surface area contributed by atoms with Gasteiger partial charge in [-0.1, -0.05) is 12.1 Å². The van der Waals surface area contributed by atoms with Gasteiger partial charge < -0.3 is 34.5 Å². The summed E-state index contributed by atoms with van der Waals surface area (Å²) in [6, 6.07) is 11.6. The normalized spacial score (nSPS) is 15.0. The standard InChI is InChI=1S/C27H31F2N5O5/c1-36-21-13-19(14-22(37-2)24(21)38-3)32-27-30-10-9-23(33-27)34-11-5-7-18(16-34)25(35)31-15-17-6-4-8-20(12-17)39-26(28)29/h4,6,8-10,12-14,18,26H,5,7,11,15-16H2,1-3H3,(H,31,35)(H,30,32,33)/t18-/m0/s1. The summed E-state index contributed by atoms with van der Waals surface area (Å²) in [7, 11) is 4.62. The van der Waals surface area contributed by atoms with Crippen LogP contribution in [0.5, 0.6) is 23.0 Å². The summed E-state index contributed by atoms with van der Waals surface area (Å²) < 4.78 is 45.6. The van der Waals surface area contributed by atoms with Crippen molar-refractivity contribution in [1.29, 1.82) is 0 Å². The average Bonchev–Trinajstić information content (AvgIpc) is 2.95. The molecule has 0 bridgehead atoms. The molecule has 2 aromatic carbocycles. The number of nitrogens with zero attached hydrogens (tertiary/aromatic N) is 3. The lowest BCUT2D eigenvalue weighted by Gasteiger charge is -2.33. The van der Waals surface area contributed by atoms with Crippen LogP contribution in [0.25, 0.3) is 0 Å². The highest BCUT2D eigenvalue weighted by molar-refractivity contribution is 5.79. The number of halogens is 2. The molecular formula is C27H31F2N5O5. The van der Waals surface area contributed by atoms with Crippen LogP contribution in [0.15, 0.2) is 48.7 Å². The van der Waals surface area contributed by atoms with Crippen molar-refractivity contribution in [3.8, 4) is 23.0 Å². The molecule has 0 unspecified atom stereocenters. The number of rotatable bonds is 11. The van der Waals surface area contributed by atoms with Gasteiger partial charge in [0.25, 0.3) is 0 Å². The minimum Gasteiger partial charge on any atom is -0.493 e. The predicted molar refractivity (Wildman–Crippen MR) is 141 cm³/mol. The maximum atomic E-state index is 12.9. The summed E-state index contributed by atoms with van der Waals surface area (Å²) in [5, 5.41) is 6.08. The lowest BCUT2D eigenvalue weighted by Crippen LogP contribution is -2.43. The van der Waals surface area contributed by atoms with Crippen LogP contribution < -0.4 is 34.5 Å². The van der Waals surface area contributed by atoms with Gasteiger partial charge in [0.05, 0.1) is 27.2 Å². The number of hydrogen-bond acceptors (Lipinski definition) is 9. The molecular weight excluding hydrogens is 512 g/mol. The van der Waals surface area contributed by atoms with Crippen molar-refractivity contribution in [2.24, 2.45) is 5.92 Å². The number of anilines is 3. The van der Waals surface area contributed by atoms with Crippen molar-refractivity contribution in [3.05, 3.63) is 54.2 Å². The van der Waals surface area contributed by atoms with Crippen molar-refractivity contribution in [2.75, 3.05) is 44.6 Å². The first-order valence-corrected chi connectivity index (χ1v) is 12.4. The van der Waals surface area contributed by atoms with Gasteiger partial charge in [-0.05, 0) is 36.6 Å². The molecule has 1 aromatic heterocycles. The fourth-order valence-electron chi connectivity index (χ4n) is 4.43. The molecule has 208 valence electrons. The van der Waals surface area contributed by atoms with E-state index in [0.717, 1.165) is 19.4 Å². The van der Waals surface area contributed by atoms with Gasteiger partial charge in [0.15, 0.2) is 11.5 Å². The number of nitrogens with one attached hydrogen (secondary N) is 2. The number of piperidine rings is 1. The minimum absolute atomic E-state index is 0.0558. The Morgan fingerprint density at radius 1 is 1.10 bits per heavy atom. The maximum absolute atomic E-state index is 12.9. The van der Waals surface area contributed by atoms with Gasteiger partial charge in [0.2, 0.25) is 17.6 Å². The van der Waals surface area contributed by atoms with Gasteiger partial charge in [-0.15, -0.1) is 0 Å². The van der Waals surface area contributed by atoms with Gasteiger partial charge in [-0.3, -0.25) is 4.79 Å². The van der Waals surface area contributed by atoms with E-state index in [1.807, 2.05) is 4.90 Å².